The smallest absolute Gasteiger partial charge is 0.365 e. The molecule has 0 aromatic heterocycles. The minimum Gasteiger partial charge on any atom is -0.495 e. The maximum Gasteiger partial charge on any atom is 0.365 e. The van der Waals surface area contributed by atoms with Crippen molar-refractivity contribution in [2.24, 2.45) is 0 Å². The summed E-state index contributed by atoms with van der Waals surface area (Å²) in [5.41, 5.74) is -1.24. The van der Waals surface area contributed by atoms with E-state index in [1.165, 1.54) is 26.4 Å². The van der Waals surface area contributed by atoms with Gasteiger partial charge < -0.3 is 9.47 Å². The molecule has 0 amide bonds. The molecule has 0 spiro atoms. The number of nitro benzene ring substituents is 2. The lowest BCUT2D eigenvalue weighted by Crippen LogP contribution is -1.98. The Morgan fingerprint density at radius 3 is 1.69 bits per heavy atom. The Labute approximate surface area is 179 Å². The van der Waals surface area contributed by atoms with Crippen molar-refractivity contribution in [2.75, 3.05) is 14.2 Å². The van der Waals surface area contributed by atoms with Crippen LogP contribution in [0.15, 0.2) is 42.5 Å². The van der Waals surface area contributed by atoms with Gasteiger partial charge in [0.05, 0.1) is 39.5 Å². The molecular weight excluding hydrogens is 447 g/mol. The predicted molar refractivity (Wildman–Crippen MR) is 112 cm³/mol. The highest BCUT2D eigenvalue weighted by molar-refractivity contribution is 6.35. The zero-order valence-corrected chi connectivity index (χ0v) is 17.3. The molecule has 0 N–H and O–H groups in total. The summed E-state index contributed by atoms with van der Waals surface area (Å²) in [5, 5.41) is 23.2. The Morgan fingerprint density at radius 2 is 1.24 bits per heavy atom. The Bertz CT molecular complexity index is 1060. The van der Waals surface area contributed by atoms with E-state index in [4.69, 9.17) is 44.3 Å². The zero-order chi connectivity index (χ0) is 21.7. The summed E-state index contributed by atoms with van der Waals surface area (Å²) >= 11 is 17.3. The lowest BCUT2D eigenvalue weighted by atomic mass is 10.1. The van der Waals surface area contributed by atoms with Crippen molar-refractivity contribution in [1.82, 2.24) is 0 Å². The van der Waals surface area contributed by atoms with Gasteiger partial charge in [-0.1, -0.05) is 53.0 Å². The largest absolute Gasteiger partial charge is 0.495 e. The van der Waals surface area contributed by atoms with E-state index in [2.05, 4.69) is 0 Å². The van der Waals surface area contributed by atoms with Gasteiger partial charge in [-0.3, -0.25) is 20.2 Å². The minimum atomic E-state index is -0.840. The molecule has 0 saturated carbocycles. The molecule has 0 unspecified atom stereocenters. The average molecular weight is 460 g/mol. The van der Waals surface area contributed by atoms with Gasteiger partial charge in [-0.2, -0.15) is 0 Å². The van der Waals surface area contributed by atoms with Crippen LogP contribution in [0.25, 0.3) is 10.8 Å². The summed E-state index contributed by atoms with van der Waals surface area (Å²) in [6, 6.07) is 10.9. The standard InChI is InChI=1S/C10H5ClN2O4.C8H8Cl2O2/c11-8-5-6-3-1-2-4-7(6)9(12(14)15)10(8)13(16)17;1-11-7-3-6(10)8(12-2)4-5(7)9/h1-5H;3-4H,1-2H3. The van der Waals surface area contributed by atoms with E-state index in [0.29, 0.717) is 26.9 Å². The van der Waals surface area contributed by atoms with Gasteiger partial charge in [-0.05, 0) is 17.5 Å². The topological polar surface area (TPSA) is 105 Å². The summed E-state index contributed by atoms with van der Waals surface area (Å²) < 4.78 is 9.91. The van der Waals surface area contributed by atoms with Gasteiger partial charge in [0.2, 0.25) is 0 Å². The van der Waals surface area contributed by atoms with Gasteiger partial charge in [0.25, 0.3) is 0 Å². The SMILES string of the molecule is COc1cc(Cl)c(OC)cc1Cl.O=[N+]([O-])c1c(Cl)cc2ccccc2c1[N+](=O)[O-]. The summed E-state index contributed by atoms with van der Waals surface area (Å²) in [5.74, 6) is 1.09. The molecule has 0 aliphatic carbocycles. The van der Waals surface area contributed by atoms with Crippen molar-refractivity contribution in [3.05, 3.63) is 77.8 Å². The molecule has 3 aromatic rings. The summed E-state index contributed by atoms with van der Waals surface area (Å²) in [4.78, 5) is 20.1. The molecule has 0 radical (unpaired) electrons. The number of hydrogen-bond acceptors (Lipinski definition) is 6. The quantitative estimate of drug-likeness (QED) is 0.334. The number of fused-ring (bicyclic) bond motifs is 1. The van der Waals surface area contributed by atoms with Gasteiger partial charge in [0, 0.05) is 12.1 Å². The Hall–Kier alpha value is -2.81. The molecule has 0 saturated heterocycles. The fraction of sp³-hybridized carbons (Fsp3) is 0.111. The number of halogens is 3. The molecule has 0 atom stereocenters. The average Bonchev–Trinajstić information content (AvgIpc) is 2.68. The summed E-state index contributed by atoms with van der Waals surface area (Å²) in [7, 11) is 3.06. The first-order chi connectivity index (χ1) is 13.7. The van der Waals surface area contributed by atoms with E-state index >= 15 is 0 Å². The van der Waals surface area contributed by atoms with Crippen LogP contribution in [0.3, 0.4) is 0 Å². The van der Waals surface area contributed by atoms with Gasteiger partial charge >= 0.3 is 11.4 Å². The third-order valence-corrected chi connectivity index (χ3v) is 4.62. The Balaban J connectivity index is 0.000000221. The minimum absolute atomic E-state index is 0.202. The number of nitrogens with zero attached hydrogens (tertiary/aromatic N) is 2. The maximum absolute atomic E-state index is 10.9. The molecule has 0 aliphatic rings. The fourth-order valence-corrected chi connectivity index (χ4v) is 3.20. The molecule has 11 heteroatoms. The van der Waals surface area contributed by atoms with Crippen LogP contribution >= 0.6 is 34.8 Å². The van der Waals surface area contributed by atoms with Crippen molar-refractivity contribution < 1.29 is 19.3 Å². The zero-order valence-electron chi connectivity index (χ0n) is 15.0. The summed E-state index contributed by atoms with van der Waals surface area (Å²) in [6.07, 6.45) is 0. The number of hydrogen-bond donors (Lipinski definition) is 0. The second-order valence-electron chi connectivity index (χ2n) is 5.41. The molecular formula is C18H13Cl3N2O6. The number of nitro groups is 2. The normalized spacial score (nSPS) is 10.1. The molecule has 0 bridgehead atoms. The van der Waals surface area contributed by atoms with Gasteiger partial charge in [-0.25, -0.2) is 0 Å². The summed E-state index contributed by atoms with van der Waals surface area (Å²) in [6.45, 7) is 0. The number of ether oxygens (including phenoxy) is 2. The first-order valence-electron chi connectivity index (χ1n) is 7.78. The molecule has 3 aromatic carbocycles. The molecule has 29 heavy (non-hydrogen) atoms. The lowest BCUT2D eigenvalue weighted by Gasteiger charge is -2.06. The molecule has 0 fully saturated rings. The van der Waals surface area contributed by atoms with Crippen LogP contribution in [0, 0.1) is 20.2 Å². The van der Waals surface area contributed by atoms with Crippen molar-refractivity contribution >= 4 is 57.0 Å². The van der Waals surface area contributed by atoms with Crippen LogP contribution in [0.4, 0.5) is 11.4 Å². The van der Waals surface area contributed by atoms with Gasteiger partial charge in [-0.15, -0.1) is 0 Å². The molecule has 152 valence electrons. The van der Waals surface area contributed by atoms with Crippen LogP contribution in [0.1, 0.15) is 0 Å². The number of benzene rings is 3. The van der Waals surface area contributed by atoms with Gasteiger partial charge in [0.1, 0.15) is 16.5 Å². The third kappa shape index (κ3) is 4.97. The molecule has 8 nitrogen and oxygen atoms in total. The maximum atomic E-state index is 10.9. The van der Waals surface area contributed by atoms with Crippen LogP contribution in [-0.4, -0.2) is 24.1 Å². The lowest BCUT2D eigenvalue weighted by molar-refractivity contribution is -0.421. The van der Waals surface area contributed by atoms with E-state index in [9.17, 15) is 20.2 Å². The van der Waals surface area contributed by atoms with Crippen molar-refractivity contribution in [2.45, 2.75) is 0 Å². The van der Waals surface area contributed by atoms with Crippen LogP contribution < -0.4 is 9.47 Å². The third-order valence-electron chi connectivity index (χ3n) is 3.74. The van der Waals surface area contributed by atoms with Crippen molar-refractivity contribution in [1.29, 1.82) is 0 Å². The number of methoxy groups -OCH3 is 2. The van der Waals surface area contributed by atoms with Crippen LogP contribution in [-0.2, 0) is 0 Å². The van der Waals surface area contributed by atoms with Crippen molar-refractivity contribution in [3.8, 4) is 11.5 Å². The second-order valence-corrected chi connectivity index (χ2v) is 6.63. The van der Waals surface area contributed by atoms with Crippen LogP contribution in [0.5, 0.6) is 11.5 Å². The fourth-order valence-electron chi connectivity index (χ4n) is 2.47. The monoisotopic (exact) mass is 458 g/mol. The van der Waals surface area contributed by atoms with E-state index < -0.39 is 21.2 Å². The van der Waals surface area contributed by atoms with Crippen LogP contribution in [0.2, 0.25) is 15.1 Å². The molecule has 3 rings (SSSR count). The molecule has 0 aliphatic heterocycles. The van der Waals surface area contributed by atoms with E-state index in [-0.39, 0.29) is 10.4 Å². The highest BCUT2D eigenvalue weighted by Crippen LogP contribution is 2.40. The van der Waals surface area contributed by atoms with Crippen molar-refractivity contribution in [3.63, 3.8) is 0 Å². The van der Waals surface area contributed by atoms with Gasteiger partial charge in [0.15, 0.2) is 0 Å². The number of rotatable bonds is 4. The van der Waals surface area contributed by atoms with E-state index in [0.717, 1.165) is 0 Å². The Morgan fingerprint density at radius 1 is 0.759 bits per heavy atom. The highest BCUT2D eigenvalue weighted by atomic mass is 35.5. The Kier molecular flexibility index (Phi) is 7.44. The van der Waals surface area contributed by atoms with E-state index in [1.54, 1.807) is 30.3 Å². The molecule has 0 heterocycles. The highest BCUT2D eigenvalue weighted by Gasteiger charge is 2.31. The predicted octanol–water partition coefficient (Wildman–Crippen LogP) is 6.32. The second kappa shape index (κ2) is 9.60. The first kappa shape index (κ1) is 22.5. The first-order valence-corrected chi connectivity index (χ1v) is 8.91. The van der Waals surface area contributed by atoms with E-state index in [1.807, 2.05) is 0 Å².